The summed E-state index contributed by atoms with van der Waals surface area (Å²) < 4.78 is 25.1. The minimum Gasteiger partial charge on any atom is -0.378 e. The van der Waals surface area contributed by atoms with Gasteiger partial charge < -0.3 is 15.1 Å². The molecule has 0 aliphatic rings. The second-order valence-electron chi connectivity index (χ2n) is 6.56. The van der Waals surface area contributed by atoms with Gasteiger partial charge in [-0.2, -0.15) is 0 Å². The van der Waals surface area contributed by atoms with E-state index >= 15 is 0 Å². The molecule has 0 aliphatic heterocycles. The van der Waals surface area contributed by atoms with Crippen LogP contribution in [0.3, 0.4) is 0 Å². The van der Waals surface area contributed by atoms with Crippen LogP contribution < -0.4 is 10.2 Å². The van der Waals surface area contributed by atoms with Crippen LogP contribution in [0.1, 0.15) is 12.8 Å². The summed E-state index contributed by atoms with van der Waals surface area (Å²) in [4.78, 5) is 16.1. The number of amides is 1. The molecule has 0 atom stereocenters. The molecule has 0 bridgehead atoms. The molecule has 0 spiro atoms. The largest absolute Gasteiger partial charge is 0.378 e. The van der Waals surface area contributed by atoms with Crippen LogP contribution in [0.5, 0.6) is 0 Å². The summed E-state index contributed by atoms with van der Waals surface area (Å²) >= 11 is 0. The molecule has 0 heterocycles. The van der Waals surface area contributed by atoms with Crippen LogP contribution in [0.15, 0.2) is 24.3 Å². The molecule has 0 unspecified atom stereocenters. The summed E-state index contributed by atoms with van der Waals surface area (Å²) in [5.74, 6) is -0.195. The zero-order valence-corrected chi connectivity index (χ0v) is 16.6. The second-order valence-corrected chi connectivity index (χ2v) is 8.54. The molecule has 0 fully saturated rings. The van der Waals surface area contributed by atoms with Crippen molar-refractivity contribution in [3.8, 4) is 0 Å². The van der Waals surface area contributed by atoms with E-state index in [1.165, 1.54) is 10.6 Å². The Morgan fingerprint density at radius 3 is 2.08 bits per heavy atom. The minimum atomic E-state index is -3.32. The van der Waals surface area contributed by atoms with Gasteiger partial charge in [0.2, 0.25) is 15.9 Å². The fraction of sp³-hybridized carbons (Fsp3) is 0.588. The molecule has 1 rings (SSSR count). The van der Waals surface area contributed by atoms with Gasteiger partial charge >= 0.3 is 0 Å². The fourth-order valence-electron chi connectivity index (χ4n) is 2.30. The smallest absolute Gasteiger partial charge is 0.225 e. The Kier molecular flexibility index (Phi) is 8.34. The van der Waals surface area contributed by atoms with Crippen molar-refractivity contribution in [2.24, 2.45) is 0 Å². The van der Waals surface area contributed by atoms with Crippen molar-refractivity contribution in [1.29, 1.82) is 0 Å². The second kappa shape index (κ2) is 9.74. The monoisotopic (exact) mass is 370 g/mol. The summed E-state index contributed by atoms with van der Waals surface area (Å²) in [7, 11) is 4.47. The topological polar surface area (TPSA) is 73.0 Å². The van der Waals surface area contributed by atoms with E-state index in [9.17, 15) is 13.2 Å². The number of rotatable bonds is 10. The highest BCUT2D eigenvalue weighted by molar-refractivity contribution is 7.88. The molecule has 0 radical (unpaired) electrons. The van der Waals surface area contributed by atoms with E-state index in [0.717, 1.165) is 18.7 Å². The van der Waals surface area contributed by atoms with Crippen molar-refractivity contribution in [3.05, 3.63) is 24.3 Å². The van der Waals surface area contributed by atoms with Crippen LogP contribution >= 0.6 is 0 Å². The SMILES string of the molecule is CN(C)CCCN(CCC(=O)Nc1ccc(N(C)C)cc1)S(C)(=O)=O. The number of nitrogens with one attached hydrogen (secondary N) is 1. The first-order chi connectivity index (χ1) is 11.6. The Morgan fingerprint density at radius 2 is 1.60 bits per heavy atom. The Hall–Kier alpha value is -1.64. The van der Waals surface area contributed by atoms with Gasteiger partial charge in [-0.25, -0.2) is 12.7 Å². The molecular formula is C17H30N4O3S. The van der Waals surface area contributed by atoms with Gasteiger partial charge in [0, 0.05) is 45.0 Å². The summed E-state index contributed by atoms with van der Waals surface area (Å²) in [6.07, 6.45) is 2.04. The maximum atomic E-state index is 12.1. The number of carbonyl (C=O) groups is 1. The summed E-state index contributed by atoms with van der Waals surface area (Å²) in [6.45, 7) is 1.41. The van der Waals surface area contributed by atoms with Gasteiger partial charge in [-0.15, -0.1) is 0 Å². The summed E-state index contributed by atoms with van der Waals surface area (Å²) in [6, 6.07) is 7.50. The van der Waals surface area contributed by atoms with Crippen molar-refractivity contribution in [2.45, 2.75) is 12.8 Å². The van der Waals surface area contributed by atoms with E-state index in [1.54, 1.807) is 0 Å². The number of nitrogens with zero attached hydrogens (tertiary/aromatic N) is 3. The van der Waals surface area contributed by atoms with Gasteiger partial charge in [0.25, 0.3) is 0 Å². The van der Waals surface area contributed by atoms with Gasteiger partial charge in [-0.3, -0.25) is 4.79 Å². The van der Waals surface area contributed by atoms with Crippen LogP contribution in [0.4, 0.5) is 11.4 Å². The van der Waals surface area contributed by atoms with Crippen LogP contribution in [0.25, 0.3) is 0 Å². The standard InChI is InChI=1S/C17H30N4O3S/c1-19(2)12-6-13-21(25(5,23)24)14-11-17(22)18-15-7-9-16(10-8-15)20(3)4/h7-10H,6,11-14H2,1-5H3,(H,18,22). The third-order valence-electron chi connectivity index (χ3n) is 3.74. The number of sulfonamides is 1. The van der Waals surface area contributed by atoms with E-state index in [1.807, 2.05) is 62.3 Å². The van der Waals surface area contributed by atoms with E-state index < -0.39 is 10.0 Å². The maximum Gasteiger partial charge on any atom is 0.225 e. The van der Waals surface area contributed by atoms with Gasteiger partial charge in [-0.1, -0.05) is 0 Å². The first-order valence-corrected chi connectivity index (χ1v) is 10.1. The number of benzene rings is 1. The summed E-state index contributed by atoms with van der Waals surface area (Å²) in [5, 5.41) is 2.80. The van der Waals surface area contributed by atoms with Crippen molar-refractivity contribution in [2.75, 3.05) is 64.3 Å². The molecule has 1 amide bonds. The maximum absolute atomic E-state index is 12.1. The molecule has 1 aromatic rings. The van der Waals surface area contributed by atoms with Crippen molar-refractivity contribution in [1.82, 2.24) is 9.21 Å². The average molecular weight is 371 g/mol. The number of anilines is 2. The Bertz CT molecular complexity index is 642. The third-order valence-corrected chi connectivity index (χ3v) is 5.04. The predicted molar refractivity (Wildman–Crippen MR) is 104 cm³/mol. The molecule has 1 aromatic carbocycles. The third kappa shape index (κ3) is 8.33. The molecule has 142 valence electrons. The number of carbonyl (C=O) groups excluding carboxylic acids is 1. The molecule has 0 saturated heterocycles. The molecule has 8 heteroatoms. The minimum absolute atomic E-state index is 0.129. The van der Waals surface area contributed by atoms with Crippen LogP contribution in [-0.2, 0) is 14.8 Å². The van der Waals surface area contributed by atoms with E-state index in [4.69, 9.17) is 0 Å². The predicted octanol–water partition coefficient (Wildman–Crippen LogP) is 1.29. The fourth-order valence-corrected chi connectivity index (χ4v) is 3.18. The highest BCUT2D eigenvalue weighted by Gasteiger charge is 2.17. The highest BCUT2D eigenvalue weighted by atomic mass is 32.2. The van der Waals surface area contributed by atoms with Gasteiger partial charge in [0.1, 0.15) is 0 Å². The lowest BCUT2D eigenvalue weighted by Gasteiger charge is -2.20. The van der Waals surface area contributed by atoms with Gasteiger partial charge in [0.05, 0.1) is 6.26 Å². The summed E-state index contributed by atoms with van der Waals surface area (Å²) in [5.41, 5.74) is 1.75. The molecule has 0 aromatic heterocycles. The molecular weight excluding hydrogens is 340 g/mol. The number of hydrogen-bond donors (Lipinski definition) is 1. The van der Waals surface area contributed by atoms with Crippen LogP contribution in [-0.4, -0.2) is 77.6 Å². The molecule has 0 saturated carbocycles. The average Bonchev–Trinajstić information content (AvgIpc) is 2.49. The molecule has 25 heavy (non-hydrogen) atoms. The van der Waals surface area contributed by atoms with Crippen molar-refractivity contribution >= 4 is 27.3 Å². The van der Waals surface area contributed by atoms with Crippen LogP contribution in [0.2, 0.25) is 0 Å². The highest BCUT2D eigenvalue weighted by Crippen LogP contribution is 2.15. The molecule has 0 aliphatic carbocycles. The Labute approximate surface area is 151 Å². The first kappa shape index (κ1) is 21.4. The quantitative estimate of drug-likeness (QED) is 0.672. The zero-order chi connectivity index (χ0) is 19.0. The lowest BCUT2D eigenvalue weighted by atomic mass is 10.2. The zero-order valence-electron chi connectivity index (χ0n) is 15.8. The first-order valence-electron chi connectivity index (χ1n) is 8.26. The van der Waals surface area contributed by atoms with E-state index in [0.29, 0.717) is 12.2 Å². The van der Waals surface area contributed by atoms with Crippen LogP contribution in [0, 0.1) is 0 Å². The Balaban J connectivity index is 2.53. The number of hydrogen-bond acceptors (Lipinski definition) is 5. The normalized spacial score (nSPS) is 11.8. The lowest BCUT2D eigenvalue weighted by molar-refractivity contribution is -0.116. The van der Waals surface area contributed by atoms with E-state index in [-0.39, 0.29) is 18.9 Å². The van der Waals surface area contributed by atoms with Crippen molar-refractivity contribution < 1.29 is 13.2 Å². The van der Waals surface area contributed by atoms with Crippen molar-refractivity contribution in [3.63, 3.8) is 0 Å². The lowest BCUT2D eigenvalue weighted by Crippen LogP contribution is -2.35. The van der Waals surface area contributed by atoms with Gasteiger partial charge in [0.15, 0.2) is 0 Å². The molecule has 7 nitrogen and oxygen atoms in total. The molecule has 1 N–H and O–H groups in total. The van der Waals surface area contributed by atoms with Gasteiger partial charge in [-0.05, 0) is 51.3 Å². The Morgan fingerprint density at radius 1 is 1.00 bits per heavy atom. The van der Waals surface area contributed by atoms with E-state index in [2.05, 4.69) is 5.32 Å².